The van der Waals surface area contributed by atoms with Crippen LogP contribution in [0.5, 0.6) is 5.75 Å². The van der Waals surface area contributed by atoms with E-state index in [1.54, 1.807) is 18.2 Å². The van der Waals surface area contributed by atoms with Gasteiger partial charge in [-0.15, -0.1) is 0 Å². The highest BCUT2D eigenvalue weighted by atomic mass is 16.5. The summed E-state index contributed by atoms with van der Waals surface area (Å²) in [5, 5.41) is 2.76. The van der Waals surface area contributed by atoms with E-state index in [4.69, 9.17) is 4.74 Å². The summed E-state index contributed by atoms with van der Waals surface area (Å²) in [6.45, 7) is 7.43. The normalized spacial score (nSPS) is 17.7. The van der Waals surface area contributed by atoms with Crippen LogP contribution in [0.1, 0.15) is 82.0 Å². The van der Waals surface area contributed by atoms with E-state index in [2.05, 4.69) is 5.32 Å². The number of ether oxygens (including phenoxy) is 1. The summed E-state index contributed by atoms with van der Waals surface area (Å²) in [4.78, 5) is 51.7. The summed E-state index contributed by atoms with van der Waals surface area (Å²) in [5.41, 5.74) is 1.11. The number of carbonyl (C=O) groups is 4. The van der Waals surface area contributed by atoms with Crippen molar-refractivity contribution in [2.24, 2.45) is 0 Å². The third-order valence-corrected chi connectivity index (χ3v) is 5.72. The summed E-state index contributed by atoms with van der Waals surface area (Å²) in [5.74, 6) is -0.713. The van der Waals surface area contributed by atoms with Gasteiger partial charge in [-0.1, -0.05) is 6.92 Å². The van der Waals surface area contributed by atoms with Crippen molar-refractivity contribution in [1.29, 1.82) is 0 Å². The fourth-order valence-corrected chi connectivity index (χ4v) is 3.92. The summed E-state index contributed by atoms with van der Waals surface area (Å²) < 4.78 is 5.84. The molecule has 1 unspecified atom stereocenters. The minimum absolute atomic E-state index is 0.0471. The zero-order valence-corrected chi connectivity index (χ0v) is 17.9. The number of benzene rings is 2. The van der Waals surface area contributed by atoms with E-state index < -0.39 is 11.5 Å². The molecule has 7 heteroatoms. The maximum atomic E-state index is 12.8. The third-order valence-electron chi connectivity index (χ3n) is 5.72. The molecule has 2 aliphatic heterocycles. The fraction of sp³-hybridized carbons (Fsp3) is 0.333. The van der Waals surface area contributed by atoms with E-state index in [1.807, 2.05) is 27.7 Å². The monoisotopic (exact) mass is 420 g/mol. The molecule has 2 aromatic carbocycles. The molecule has 7 nitrogen and oxygen atoms in total. The van der Waals surface area contributed by atoms with Gasteiger partial charge in [-0.25, -0.2) is 0 Å². The zero-order chi connectivity index (χ0) is 22.5. The number of rotatable bonds is 4. The lowest BCUT2D eigenvalue weighted by molar-refractivity contribution is 0.0587. The molecule has 0 bridgehead atoms. The van der Waals surface area contributed by atoms with Crippen molar-refractivity contribution in [3.05, 3.63) is 58.7 Å². The molecule has 2 heterocycles. The van der Waals surface area contributed by atoms with Gasteiger partial charge in [-0.05, 0) is 63.6 Å². The Morgan fingerprint density at radius 2 is 1.77 bits per heavy atom. The number of hydrogen-bond donors (Lipinski definition) is 1. The van der Waals surface area contributed by atoms with Crippen LogP contribution in [0.4, 0.5) is 5.69 Å². The molecule has 0 spiro atoms. The van der Waals surface area contributed by atoms with Gasteiger partial charge in [-0.2, -0.15) is 0 Å². The molecule has 0 aromatic heterocycles. The molecule has 3 amide bonds. The Balaban J connectivity index is 1.57. The average Bonchev–Trinajstić information content (AvgIpc) is 2.97. The van der Waals surface area contributed by atoms with Crippen LogP contribution in [-0.4, -0.2) is 40.0 Å². The SMILES string of the molecule is CCC(C)N1C(=O)c2ccc(C(=O)Nc3ccc4c(c3)C(=O)CC(C)(C)O4)cc2C1=O. The minimum Gasteiger partial charge on any atom is -0.487 e. The van der Waals surface area contributed by atoms with Crippen LogP contribution in [0, 0.1) is 0 Å². The Bertz CT molecular complexity index is 1130. The highest BCUT2D eigenvalue weighted by Crippen LogP contribution is 2.34. The van der Waals surface area contributed by atoms with Crippen LogP contribution >= 0.6 is 0 Å². The molecule has 2 aliphatic rings. The highest BCUT2D eigenvalue weighted by Gasteiger charge is 2.38. The van der Waals surface area contributed by atoms with Crippen molar-refractivity contribution in [3.8, 4) is 5.75 Å². The van der Waals surface area contributed by atoms with E-state index in [-0.39, 0.29) is 41.2 Å². The first-order chi connectivity index (χ1) is 14.6. The summed E-state index contributed by atoms with van der Waals surface area (Å²) in [6.07, 6.45) is 0.905. The summed E-state index contributed by atoms with van der Waals surface area (Å²) in [6, 6.07) is 9.19. The molecule has 0 saturated heterocycles. The van der Waals surface area contributed by atoms with E-state index in [1.165, 1.54) is 23.1 Å². The predicted molar refractivity (Wildman–Crippen MR) is 115 cm³/mol. The lowest BCUT2D eigenvalue weighted by Gasteiger charge is -2.31. The van der Waals surface area contributed by atoms with Crippen molar-refractivity contribution in [2.75, 3.05) is 5.32 Å². The first kappa shape index (κ1) is 20.8. The Labute approximate surface area is 180 Å². The largest absolute Gasteiger partial charge is 0.487 e. The number of fused-ring (bicyclic) bond motifs is 2. The maximum Gasteiger partial charge on any atom is 0.261 e. The number of Topliss-reactive ketones (excluding diaryl/α,β-unsaturated/α-hetero) is 1. The van der Waals surface area contributed by atoms with Crippen molar-refractivity contribution in [2.45, 2.75) is 52.2 Å². The van der Waals surface area contributed by atoms with Gasteiger partial charge in [-0.3, -0.25) is 24.1 Å². The number of nitrogens with zero attached hydrogens (tertiary/aromatic N) is 1. The lowest BCUT2D eigenvalue weighted by atomic mass is 9.93. The topological polar surface area (TPSA) is 92.8 Å². The molecule has 2 aromatic rings. The van der Waals surface area contributed by atoms with Crippen LogP contribution in [-0.2, 0) is 0 Å². The van der Waals surface area contributed by atoms with Crippen molar-refractivity contribution in [1.82, 2.24) is 4.90 Å². The number of ketones is 1. The molecule has 0 fully saturated rings. The molecule has 0 saturated carbocycles. The van der Waals surface area contributed by atoms with Crippen LogP contribution < -0.4 is 10.1 Å². The second kappa shape index (κ2) is 7.34. The molecular formula is C24H24N2O5. The molecule has 4 rings (SSSR count). The summed E-state index contributed by atoms with van der Waals surface area (Å²) >= 11 is 0. The van der Waals surface area contributed by atoms with Crippen LogP contribution in [0.2, 0.25) is 0 Å². The Morgan fingerprint density at radius 3 is 2.48 bits per heavy atom. The lowest BCUT2D eigenvalue weighted by Crippen LogP contribution is -2.37. The second-order valence-electron chi connectivity index (χ2n) is 8.62. The Hall–Kier alpha value is -3.48. The Morgan fingerprint density at radius 1 is 1.06 bits per heavy atom. The highest BCUT2D eigenvalue weighted by molar-refractivity contribution is 6.22. The van der Waals surface area contributed by atoms with Crippen molar-refractivity contribution < 1.29 is 23.9 Å². The summed E-state index contributed by atoms with van der Waals surface area (Å²) in [7, 11) is 0. The van der Waals surface area contributed by atoms with Gasteiger partial charge in [0.05, 0.1) is 23.1 Å². The van der Waals surface area contributed by atoms with Gasteiger partial charge in [0.2, 0.25) is 0 Å². The van der Waals surface area contributed by atoms with Gasteiger partial charge in [0.1, 0.15) is 11.4 Å². The van der Waals surface area contributed by atoms with Crippen molar-refractivity contribution >= 4 is 29.2 Å². The fourth-order valence-electron chi connectivity index (χ4n) is 3.92. The van der Waals surface area contributed by atoms with Crippen LogP contribution in [0.15, 0.2) is 36.4 Å². The van der Waals surface area contributed by atoms with Crippen molar-refractivity contribution in [3.63, 3.8) is 0 Å². The van der Waals surface area contributed by atoms with Crippen LogP contribution in [0.3, 0.4) is 0 Å². The van der Waals surface area contributed by atoms with E-state index in [9.17, 15) is 19.2 Å². The number of hydrogen-bond acceptors (Lipinski definition) is 5. The quantitative estimate of drug-likeness (QED) is 0.753. The molecule has 0 radical (unpaired) electrons. The number of amides is 3. The van der Waals surface area contributed by atoms with Crippen LogP contribution in [0.25, 0.3) is 0 Å². The average molecular weight is 420 g/mol. The number of anilines is 1. The van der Waals surface area contributed by atoms with E-state index in [0.717, 1.165) is 0 Å². The van der Waals surface area contributed by atoms with Gasteiger partial charge in [0, 0.05) is 17.3 Å². The standard InChI is InChI=1S/C24H24N2O5/c1-5-13(2)26-22(29)16-8-6-14(10-17(16)23(26)30)21(28)25-15-7-9-20-18(11-15)19(27)12-24(3,4)31-20/h6-11,13H,5,12H2,1-4H3,(H,25,28). The number of imide groups is 1. The van der Waals surface area contributed by atoms with E-state index in [0.29, 0.717) is 29.0 Å². The second-order valence-corrected chi connectivity index (χ2v) is 8.62. The number of nitrogens with one attached hydrogen (secondary N) is 1. The molecule has 31 heavy (non-hydrogen) atoms. The zero-order valence-electron chi connectivity index (χ0n) is 17.9. The molecular weight excluding hydrogens is 396 g/mol. The first-order valence-corrected chi connectivity index (χ1v) is 10.3. The van der Waals surface area contributed by atoms with E-state index >= 15 is 0 Å². The van der Waals surface area contributed by atoms with Gasteiger partial charge < -0.3 is 10.1 Å². The Kier molecular flexibility index (Phi) is 4.92. The predicted octanol–water partition coefficient (Wildman–Crippen LogP) is 4.08. The molecule has 1 atom stereocenters. The van der Waals surface area contributed by atoms with Gasteiger partial charge >= 0.3 is 0 Å². The third kappa shape index (κ3) is 3.60. The molecule has 160 valence electrons. The molecule has 1 N–H and O–H groups in total. The first-order valence-electron chi connectivity index (χ1n) is 10.3. The maximum absolute atomic E-state index is 12.8. The van der Waals surface area contributed by atoms with Gasteiger partial charge in [0.15, 0.2) is 5.78 Å². The molecule has 0 aliphatic carbocycles. The smallest absolute Gasteiger partial charge is 0.261 e. The minimum atomic E-state index is -0.563. The number of carbonyl (C=O) groups excluding carboxylic acids is 4. The van der Waals surface area contributed by atoms with Gasteiger partial charge in [0.25, 0.3) is 17.7 Å².